The van der Waals surface area contributed by atoms with Gasteiger partial charge in [-0.3, -0.25) is 0 Å². The third-order valence-electron chi connectivity index (χ3n) is 3.77. The lowest BCUT2D eigenvalue weighted by Gasteiger charge is -2.20. The maximum absolute atomic E-state index is 11.6. The molecule has 1 heterocycles. The molecule has 0 amide bonds. The highest BCUT2D eigenvalue weighted by atomic mass is 32.2. The predicted octanol–water partition coefficient (Wildman–Crippen LogP) is 1.60. The molecule has 1 aromatic rings. The fourth-order valence-corrected chi connectivity index (χ4v) is 3.38. The van der Waals surface area contributed by atoms with Crippen LogP contribution in [0.25, 0.3) is 0 Å². The molecule has 0 radical (unpaired) electrons. The van der Waals surface area contributed by atoms with Crippen LogP contribution < -0.4 is 0 Å². The quantitative estimate of drug-likeness (QED) is 0.905. The van der Waals surface area contributed by atoms with E-state index in [2.05, 4.69) is 4.57 Å². The van der Waals surface area contributed by atoms with Crippen LogP contribution in [-0.2, 0) is 22.8 Å². The van der Waals surface area contributed by atoms with E-state index in [4.69, 9.17) is 0 Å². The molecule has 1 aromatic heterocycles. The van der Waals surface area contributed by atoms with Crippen LogP contribution in [0.1, 0.15) is 42.8 Å². The number of aliphatic hydroxyl groups excluding tert-OH is 1. The fourth-order valence-electron chi connectivity index (χ4n) is 2.63. The first-order valence-corrected chi connectivity index (χ1v) is 8.34. The molecule has 0 fully saturated rings. The van der Waals surface area contributed by atoms with Gasteiger partial charge in [-0.25, -0.2) is 8.42 Å². The smallest absolute Gasteiger partial charge is 0.151 e. The Morgan fingerprint density at radius 2 is 2.22 bits per heavy atom. The summed E-state index contributed by atoms with van der Waals surface area (Å²) >= 11 is 0. The van der Waals surface area contributed by atoms with Gasteiger partial charge in [0.1, 0.15) is 0 Å². The first kappa shape index (κ1) is 13.6. The SMILES string of the molecule is CCS(=O)(=O)CCn1c(C)cc2c1CCCC2O. The zero-order chi connectivity index (χ0) is 13.3. The van der Waals surface area contributed by atoms with Crippen LogP contribution in [0.5, 0.6) is 0 Å². The van der Waals surface area contributed by atoms with Crippen LogP contribution in [0.2, 0.25) is 0 Å². The summed E-state index contributed by atoms with van der Waals surface area (Å²) in [5.41, 5.74) is 3.16. The van der Waals surface area contributed by atoms with Crippen molar-refractivity contribution in [1.82, 2.24) is 4.57 Å². The van der Waals surface area contributed by atoms with E-state index >= 15 is 0 Å². The van der Waals surface area contributed by atoms with Gasteiger partial charge in [0.05, 0.1) is 11.9 Å². The Morgan fingerprint density at radius 1 is 1.50 bits per heavy atom. The number of aryl methyl sites for hydroxylation is 1. The Morgan fingerprint density at radius 3 is 2.89 bits per heavy atom. The Hall–Kier alpha value is -0.810. The summed E-state index contributed by atoms with van der Waals surface area (Å²) in [4.78, 5) is 0. The first-order valence-electron chi connectivity index (χ1n) is 6.52. The van der Waals surface area contributed by atoms with Crippen LogP contribution in [0, 0.1) is 6.92 Å². The molecule has 1 unspecified atom stereocenters. The summed E-state index contributed by atoms with van der Waals surface area (Å²) in [5.74, 6) is 0.375. The number of fused-ring (bicyclic) bond motifs is 1. The Kier molecular flexibility index (Phi) is 3.82. The van der Waals surface area contributed by atoms with Crippen LogP contribution in [-0.4, -0.2) is 29.6 Å². The van der Waals surface area contributed by atoms with E-state index in [0.717, 1.165) is 36.2 Å². The number of aliphatic hydroxyl groups is 1. The van der Waals surface area contributed by atoms with Gasteiger partial charge in [-0.2, -0.15) is 0 Å². The third-order valence-corrected chi connectivity index (χ3v) is 5.45. The minimum atomic E-state index is -2.94. The predicted molar refractivity (Wildman–Crippen MR) is 71.4 cm³/mol. The molecule has 2 rings (SSSR count). The lowest BCUT2D eigenvalue weighted by atomic mass is 9.95. The zero-order valence-electron chi connectivity index (χ0n) is 11.0. The Balaban J connectivity index is 2.24. The molecule has 0 spiro atoms. The van der Waals surface area contributed by atoms with Gasteiger partial charge in [-0.1, -0.05) is 6.92 Å². The van der Waals surface area contributed by atoms with E-state index in [0.29, 0.717) is 6.54 Å². The average Bonchev–Trinajstić information content (AvgIpc) is 2.65. The fraction of sp³-hybridized carbons (Fsp3) is 0.692. The Labute approximate surface area is 109 Å². The van der Waals surface area contributed by atoms with Gasteiger partial charge < -0.3 is 9.67 Å². The molecular weight excluding hydrogens is 250 g/mol. The summed E-state index contributed by atoms with van der Waals surface area (Å²) in [6, 6.07) is 2.00. The topological polar surface area (TPSA) is 59.3 Å². The van der Waals surface area contributed by atoms with Crippen LogP contribution >= 0.6 is 0 Å². The standard InChI is InChI=1S/C13H21NO3S/c1-3-18(16,17)8-7-14-10(2)9-11-12(14)5-4-6-13(11)15/h9,13,15H,3-8H2,1-2H3. The second-order valence-electron chi connectivity index (χ2n) is 4.98. The molecule has 102 valence electrons. The molecule has 0 saturated carbocycles. The van der Waals surface area contributed by atoms with E-state index in [1.54, 1.807) is 6.92 Å². The maximum atomic E-state index is 11.6. The molecule has 18 heavy (non-hydrogen) atoms. The van der Waals surface area contributed by atoms with Crippen LogP contribution in [0.3, 0.4) is 0 Å². The highest BCUT2D eigenvalue weighted by molar-refractivity contribution is 7.91. The Bertz CT molecular complexity index is 531. The molecule has 1 atom stereocenters. The highest BCUT2D eigenvalue weighted by Crippen LogP contribution is 2.32. The molecule has 5 heteroatoms. The molecule has 0 aromatic carbocycles. The zero-order valence-corrected chi connectivity index (χ0v) is 11.8. The van der Waals surface area contributed by atoms with Crippen LogP contribution in [0.4, 0.5) is 0 Å². The molecule has 4 nitrogen and oxygen atoms in total. The molecule has 1 N–H and O–H groups in total. The van der Waals surface area contributed by atoms with Gasteiger partial charge >= 0.3 is 0 Å². The molecular formula is C13H21NO3S. The molecule has 1 aliphatic rings. The van der Waals surface area contributed by atoms with Crippen molar-refractivity contribution in [2.24, 2.45) is 0 Å². The van der Waals surface area contributed by atoms with Gasteiger partial charge in [0, 0.05) is 29.2 Å². The van der Waals surface area contributed by atoms with Crippen molar-refractivity contribution in [2.45, 2.75) is 45.8 Å². The average molecular weight is 271 g/mol. The van der Waals surface area contributed by atoms with Crippen molar-refractivity contribution in [3.05, 3.63) is 23.0 Å². The number of sulfone groups is 1. The van der Waals surface area contributed by atoms with E-state index in [-0.39, 0.29) is 17.6 Å². The van der Waals surface area contributed by atoms with E-state index in [1.807, 2.05) is 13.0 Å². The summed E-state index contributed by atoms with van der Waals surface area (Å²) in [5, 5.41) is 9.94. The molecule has 0 bridgehead atoms. The van der Waals surface area contributed by atoms with E-state index in [1.165, 1.54) is 0 Å². The largest absolute Gasteiger partial charge is 0.388 e. The summed E-state index contributed by atoms with van der Waals surface area (Å²) in [7, 11) is -2.94. The number of hydrogen-bond donors (Lipinski definition) is 1. The van der Waals surface area contributed by atoms with Crippen molar-refractivity contribution in [3.8, 4) is 0 Å². The summed E-state index contributed by atoms with van der Waals surface area (Å²) < 4.78 is 25.2. The second-order valence-corrected chi connectivity index (χ2v) is 7.46. The van der Waals surface area contributed by atoms with Gasteiger partial charge in [0.15, 0.2) is 9.84 Å². The van der Waals surface area contributed by atoms with E-state index < -0.39 is 9.84 Å². The minimum absolute atomic E-state index is 0.182. The first-order chi connectivity index (χ1) is 8.44. The monoisotopic (exact) mass is 271 g/mol. The number of nitrogens with zero attached hydrogens (tertiary/aromatic N) is 1. The normalized spacial score (nSPS) is 19.8. The van der Waals surface area contributed by atoms with Gasteiger partial charge in [0.25, 0.3) is 0 Å². The summed E-state index contributed by atoms with van der Waals surface area (Å²) in [6.45, 7) is 4.16. The number of hydrogen-bond acceptors (Lipinski definition) is 3. The second kappa shape index (κ2) is 5.05. The third kappa shape index (κ3) is 2.62. The van der Waals surface area contributed by atoms with Crippen molar-refractivity contribution < 1.29 is 13.5 Å². The lowest BCUT2D eigenvalue weighted by molar-refractivity contribution is 0.155. The van der Waals surface area contributed by atoms with Gasteiger partial charge in [-0.15, -0.1) is 0 Å². The van der Waals surface area contributed by atoms with Crippen molar-refractivity contribution in [3.63, 3.8) is 0 Å². The molecule has 0 aliphatic heterocycles. The number of aromatic nitrogens is 1. The number of rotatable bonds is 4. The minimum Gasteiger partial charge on any atom is -0.388 e. The van der Waals surface area contributed by atoms with Gasteiger partial charge in [0.2, 0.25) is 0 Å². The maximum Gasteiger partial charge on any atom is 0.151 e. The van der Waals surface area contributed by atoms with Crippen molar-refractivity contribution in [2.75, 3.05) is 11.5 Å². The highest BCUT2D eigenvalue weighted by Gasteiger charge is 2.23. The van der Waals surface area contributed by atoms with Crippen molar-refractivity contribution >= 4 is 9.84 Å². The van der Waals surface area contributed by atoms with Crippen molar-refractivity contribution in [1.29, 1.82) is 0 Å². The van der Waals surface area contributed by atoms with Crippen LogP contribution in [0.15, 0.2) is 6.07 Å². The lowest BCUT2D eigenvalue weighted by Crippen LogP contribution is -2.18. The van der Waals surface area contributed by atoms with Gasteiger partial charge in [-0.05, 0) is 32.3 Å². The van der Waals surface area contributed by atoms with E-state index in [9.17, 15) is 13.5 Å². The summed E-state index contributed by atoms with van der Waals surface area (Å²) in [6.07, 6.45) is 2.34. The molecule has 0 saturated heterocycles. The molecule has 1 aliphatic carbocycles.